The molecule has 14 heavy (non-hydrogen) atoms. The van der Waals surface area contributed by atoms with Crippen molar-refractivity contribution in [3.05, 3.63) is 0 Å². The van der Waals surface area contributed by atoms with Gasteiger partial charge in [-0.3, -0.25) is 4.79 Å². The van der Waals surface area contributed by atoms with Gasteiger partial charge in [0.1, 0.15) is 0 Å². The highest BCUT2D eigenvalue weighted by molar-refractivity contribution is 5.70. The summed E-state index contributed by atoms with van der Waals surface area (Å²) in [6.07, 6.45) is 1.56. The van der Waals surface area contributed by atoms with Gasteiger partial charge in [-0.2, -0.15) is 0 Å². The second kappa shape index (κ2) is 5.98. The number of carbonyl (C=O) groups excluding carboxylic acids is 1. The molecule has 1 aliphatic heterocycles. The third kappa shape index (κ3) is 3.64. The van der Waals surface area contributed by atoms with Crippen LogP contribution in [0.1, 0.15) is 19.8 Å². The Kier molecular flexibility index (Phi) is 4.90. The van der Waals surface area contributed by atoms with Gasteiger partial charge >= 0.3 is 5.97 Å². The minimum absolute atomic E-state index is 0.110. The van der Waals surface area contributed by atoms with Gasteiger partial charge in [-0.25, -0.2) is 5.32 Å². The van der Waals surface area contributed by atoms with Gasteiger partial charge in [-0.1, -0.05) is 0 Å². The summed E-state index contributed by atoms with van der Waals surface area (Å²) < 4.78 is 4.93. The van der Waals surface area contributed by atoms with E-state index in [0.29, 0.717) is 13.0 Å². The standard InChI is InChI=1S/C10H19N2O2/c1-3-14-10(13)7-9-8-11-5-4-6-12(9)2/h9H,3-8H2,1-2H3. The molecule has 0 spiro atoms. The van der Waals surface area contributed by atoms with E-state index in [-0.39, 0.29) is 12.0 Å². The normalized spacial score (nSPS) is 24.3. The molecular weight excluding hydrogens is 180 g/mol. The molecule has 81 valence electrons. The van der Waals surface area contributed by atoms with Gasteiger partial charge in [0.05, 0.1) is 13.0 Å². The first-order valence-corrected chi connectivity index (χ1v) is 5.23. The van der Waals surface area contributed by atoms with Crippen molar-refractivity contribution in [2.24, 2.45) is 0 Å². The molecule has 0 aliphatic carbocycles. The highest BCUT2D eigenvalue weighted by Gasteiger charge is 2.21. The van der Waals surface area contributed by atoms with Crippen molar-refractivity contribution < 1.29 is 9.53 Å². The zero-order valence-electron chi connectivity index (χ0n) is 9.03. The van der Waals surface area contributed by atoms with E-state index in [1.165, 1.54) is 0 Å². The van der Waals surface area contributed by atoms with Gasteiger partial charge in [0.25, 0.3) is 0 Å². The third-order valence-corrected chi connectivity index (χ3v) is 2.50. The topological polar surface area (TPSA) is 43.6 Å². The van der Waals surface area contributed by atoms with Crippen LogP contribution in [-0.4, -0.2) is 50.2 Å². The Balaban J connectivity index is 2.36. The Labute approximate surface area is 85.6 Å². The molecule has 0 bridgehead atoms. The lowest BCUT2D eigenvalue weighted by Crippen LogP contribution is -2.37. The minimum atomic E-state index is -0.110. The summed E-state index contributed by atoms with van der Waals surface area (Å²) in [5, 5.41) is 4.37. The zero-order valence-corrected chi connectivity index (χ0v) is 9.03. The van der Waals surface area contributed by atoms with E-state index in [0.717, 1.165) is 26.1 Å². The molecule has 0 aromatic carbocycles. The van der Waals surface area contributed by atoms with Crippen LogP contribution in [0.3, 0.4) is 0 Å². The highest BCUT2D eigenvalue weighted by atomic mass is 16.5. The summed E-state index contributed by atoms with van der Waals surface area (Å²) >= 11 is 0. The summed E-state index contributed by atoms with van der Waals surface area (Å²) in [4.78, 5) is 13.5. The van der Waals surface area contributed by atoms with Crippen LogP contribution in [0.15, 0.2) is 0 Å². The Bertz CT molecular complexity index is 185. The van der Waals surface area contributed by atoms with Gasteiger partial charge in [0, 0.05) is 19.1 Å². The van der Waals surface area contributed by atoms with Crippen LogP contribution < -0.4 is 5.32 Å². The fourth-order valence-corrected chi connectivity index (χ4v) is 1.63. The first-order valence-electron chi connectivity index (χ1n) is 5.23. The second-order valence-corrected chi connectivity index (χ2v) is 3.63. The Morgan fingerprint density at radius 1 is 1.64 bits per heavy atom. The summed E-state index contributed by atoms with van der Waals surface area (Å²) in [5.74, 6) is -0.110. The molecule has 1 unspecified atom stereocenters. The molecule has 1 radical (unpaired) electrons. The summed E-state index contributed by atoms with van der Waals surface area (Å²) in [7, 11) is 2.05. The van der Waals surface area contributed by atoms with Crippen LogP contribution >= 0.6 is 0 Å². The van der Waals surface area contributed by atoms with Crippen molar-refractivity contribution in [3.8, 4) is 0 Å². The van der Waals surface area contributed by atoms with E-state index in [1.54, 1.807) is 0 Å². The summed E-state index contributed by atoms with van der Waals surface area (Å²) in [6.45, 7) is 5.00. The molecule has 1 fully saturated rings. The lowest BCUT2D eigenvalue weighted by atomic mass is 10.2. The highest BCUT2D eigenvalue weighted by Crippen LogP contribution is 2.07. The largest absolute Gasteiger partial charge is 0.466 e. The van der Waals surface area contributed by atoms with Crippen molar-refractivity contribution >= 4 is 5.97 Å². The third-order valence-electron chi connectivity index (χ3n) is 2.50. The SMILES string of the molecule is CCOC(=O)CC1C[N]CCCN1C. The molecular formula is C10H19N2O2. The Morgan fingerprint density at radius 2 is 2.43 bits per heavy atom. The van der Waals surface area contributed by atoms with Crippen molar-refractivity contribution in [3.63, 3.8) is 0 Å². The van der Waals surface area contributed by atoms with E-state index >= 15 is 0 Å². The number of rotatable bonds is 3. The Hall–Kier alpha value is -0.610. The lowest BCUT2D eigenvalue weighted by molar-refractivity contribution is -0.144. The molecule has 1 atom stereocenters. The molecule has 0 saturated carbocycles. The van der Waals surface area contributed by atoms with Gasteiger partial charge in [0.2, 0.25) is 0 Å². The maximum atomic E-state index is 11.3. The van der Waals surface area contributed by atoms with Crippen molar-refractivity contribution in [2.75, 3.05) is 33.3 Å². The van der Waals surface area contributed by atoms with Crippen LogP contribution in [0.4, 0.5) is 0 Å². The van der Waals surface area contributed by atoms with Crippen LogP contribution in [0.2, 0.25) is 0 Å². The smallest absolute Gasteiger partial charge is 0.307 e. The van der Waals surface area contributed by atoms with Crippen LogP contribution in [0, 0.1) is 0 Å². The maximum Gasteiger partial charge on any atom is 0.307 e. The molecule has 0 aromatic rings. The summed E-state index contributed by atoms with van der Waals surface area (Å²) in [6, 6.07) is 0.233. The number of nitrogens with zero attached hydrogens (tertiary/aromatic N) is 2. The van der Waals surface area contributed by atoms with Crippen LogP contribution in [-0.2, 0) is 9.53 Å². The van der Waals surface area contributed by atoms with Gasteiger partial charge in [-0.15, -0.1) is 0 Å². The minimum Gasteiger partial charge on any atom is -0.466 e. The zero-order chi connectivity index (χ0) is 10.4. The van der Waals surface area contributed by atoms with E-state index < -0.39 is 0 Å². The first-order chi connectivity index (χ1) is 6.74. The molecule has 4 nitrogen and oxygen atoms in total. The lowest BCUT2D eigenvalue weighted by Gasteiger charge is -2.23. The van der Waals surface area contributed by atoms with Crippen molar-refractivity contribution in [1.29, 1.82) is 0 Å². The van der Waals surface area contributed by atoms with E-state index in [1.807, 2.05) is 14.0 Å². The average Bonchev–Trinajstić information content (AvgIpc) is 2.33. The van der Waals surface area contributed by atoms with E-state index in [9.17, 15) is 4.79 Å². The molecule has 0 aromatic heterocycles. The molecule has 1 saturated heterocycles. The Morgan fingerprint density at radius 3 is 3.14 bits per heavy atom. The number of ether oxygens (including phenoxy) is 1. The predicted octanol–water partition coefficient (Wildman–Crippen LogP) is 0.248. The first kappa shape index (κ1) is 11.5. The number of esters is 1. The van der Waals surface area contributed by atoms with Gasteiger partial charge < -0.3 is 9.64 Å². The fraction of sp³-hybridized carbons (Fsp3) is 0.900. The number of carbonyl (C=O) groups is 1. The van der Waals surface area contributed by atoms with Crippen molar-refractivity contribution in [2.45, 2.75) is 25.8 Å². The number of hydrogen-bond donors (Lipinski definition) is 0. The van der Waals surface area contributed by atoms with E-state index in [2.05, 4.69) is 10.2 Å². The molecule has 0 amide bonds. The predicted molar refractivity (Wildman–Crippen MR) is 54.2 cm³/mol. The van der Waals surface area contributed by atoms with Crippen LogP contribution in [0.25, 0.3) is 0 Å². The van der Waals surface area contributed by atoms with E-state index in [4.69, 9.17) is 4.74 Å². The molecule has 0 N–H and O–H groups in total. The van der Waals surface area contributed by atoms with Crippen molar-refractivity contribution in [1.82, 2.24) is 10.2 Å². The second-order valence-electron chi connectivity index (χ2n) is 3.63. The number of hydrogen-bond acceptors (Lipinski definition) is 3. The van der Waals surface area contributed by atoms with Gasteiger partial charge in [-0.05, 0) is 26.9 Å². The molecule has 4 heteroatoms. The fourth-order valence-electron chi connectivity index (χ4n) is 1.63. The van der Waals surface area contributed by atoms with Gasteiger partial charge in [0.15, 0.2) is 0 Å². The van der Waals surface area contributed by atoms with Crippen LogP contribution in [0.5, 0.6) is 0 Å². The quantitative estimate of drug-likeness (QED) is 0.612. The maximum absolute atomic E-state index is 11.3. The summed E-state index contributed by atoms with van der Waals surface area (Å²) in [5.41, 5.74) is 0. The monoisotopic (exact) mass is 199 g/mol. The number of likely N-dealkylation sites (N-methyl/N-ethyl adjacent to an activating group) is 1. The molecule has 1 aliphatic rings. The molecule has 1 heterocycles. The molecule has 1 rings (SSSR count). The average molecular weight is 199 g/mol.